The van der Waals surface area contributed by atoms with Gasteiger partial charge in [-0.05, 0) is 71.7 Å². The predicted molar refractivity (Wildman–Crippen MR) is 131 cm³/mol. The van der Waals surface area contributed by atoms with E-state index in [-0.39, 0.29) is 11.7 Å². The third-order valence-electron chi connectivity index (χ3n) is 4.57. The predicted octanol–water partition coefficient (Wildman–Crippen LogP) is 4.22. The van der Waals surface area contributed by atoms with Crippen LogP contribution < -0.4 is 20.9 Å². The van der Waals surface area contributed by atoms with Crippen molar-refractivity contribution in [3.8, 4) is 5.75 Å². The van der Waals surface area contributed by atoms with Gasteiger partial charge in [-0.2, -0.15) is 0 Å². The lowest BCUT2D eigenvalue weighted by Gasteiger charge is -2.12. The Hall–Kier alpha value is -3.42. The van der Waals surface area contributed by atoms with Gasteiger partial charge in [-0.25, -0.2) is 0 Å². The number of ether oxygens (including phenoxy) is 1. The van der Waals surface area contributed by atoms with Gasteiger partial charge in [0.05, 0.1) is 0 Å². The highest BCUT2D eigenvalue weighted by atomic mass is 35.5. The Bertz CT molecular complexity index is 1180. The summed E-state index contributed by atoms with van der Waals surface area (Å²) >= 11 is 11.2. The number of fused-ring (bicyclic) bond motifs is 1. The lowest BCUT2D eigenvalue weighted by atomic mass is 10.0. The number of hydrazine groups is 1. The zero-order chi connectivity index (χ0) is 23.1. The molecule has 2 amide bonds. The zero-order valence-electron chi connectivity index (χ0n) is 17.6. The number of hydrogen-bond donors (Lipinski definition) is 3. The van der Waals surface area contributed by atoms with Crippen molar-refractivity contribution in [2.75, 3.05) is 6.61 Å². The Morgan fingerprint density at radius 3 is 2.47 bits per heavy atom. The van der Waals surface area contributed by atoms with E-state index in [1.807, 2.05) is 56.3 Å². The molecule has 0 heterocycles. The molecule has 3 rings (SSSR count). The number of rotatable bonds is 5. The molecule has 0 bridgehead atoms. The first kappa shape index (κ1) is 23.2. The number of carbonyl (C=O) groups excluding carboxylic acids is 2. The molecule has 0 unspecified atom stereocenters. The molecule has 0 saturated heterocycles. The molecule has 0 fully saturated rings. The van der Waals surface area contributed by atoms with Crippen molar-refractivity contribution in [3.63, 3.8) is 0 Å². The molecular formula is C24H22ClN3O3S. The van der Waals surface area contributed by atoms with Gasteiger partial charge in [0.1, 0.15) is 5.75 Å². The van der Waals surface area contributed by atoms with E-state index < -0.39 is 11.8 Å². The van der Waals surface area contributed by atoms with Gasteiger partial charge in [-0.15, -0.1) is 0 Å². The van der Waals surface area contributed by atoms with Crippen LogP contribution >= 0.6 is 23.8 Å². The van der Waals surface area contributed by atoms with Crippen LogP contribution in [-0.4, -0.2) is 23.5 Å². The maximum Gasteiger partial charge on any atom is 0.276 e. The number of benzene rings is 3. The molecule has 0 aliphatic heterocycles. The minimum Gasteiger partial charge on any atom is -0.484 e. The van der Waals surface area contributed by atoms with Gasteiger partial charge in [-0.3, -0.25) is 25.8 Å². The van der Waals surface area contributed by atoms with Crippen molar-refractivity contribution < 1.29 is 14.3 Å². The minimum absolute atomic E-state index is 0.0379. The second-order valence-electron chi connectivity index (χ2n) is 7.05. The summed E-state index contributed by atoms with van der Waals surface area (Å²) < 4.78 is 5.47. The number of amides is 2. The Morgan fingerprint density at radius 1 is 1.03 bits per heavy atom. The van der Waals surface area contributed by atoms with E-state index in [4.69, 9.17) is 28.6 Å². The fourth-order valence-corrected chi connectivity index (χ4v) is 3.31. The smallest absolute Gasteiger partial charge is 0.276 e. The van der Waals surface area contributed by atoms with E-state index in [2.05, 4.69) is 16.2 Å². The average Bonchev–Trinajstić information content (AvgIpc) is 2.78. The van der Waals surface area contributed by atoms with E-state index in [0.29, 0.717) is 10.8 Å². The van der Waals surface area contributed by atoms with Crippen LogP contribution in [0.25, 0.3) is 16.8 Å². The topological polar surface area (TPSA) is 79.5 Å². The second kappa shape index (κ2) is 10.7. The zero-order valence-corrected chi connectivity index (χ0v) is 19.1. The summed E-state index contributed by atoms with van der Waals surface area (Å²) in [6.07, 6.45) is 3.09. The van der Waals surface area contributed by atoms with Crippen LogP contribution in [0, 0.1) is 13.8 Å². The fraction of sp³-hybridized carbons (Fsp3) is 0.125. The van der Waals surface area contributed by atoms with Crippen LogP contribution in [0.5, 0.6) is 5.75 Å². The van der Waals surface area contributed by atoms with Gasteiger partial charge in [-0.1, -0.05) is 54.1 Å². The highest BCUT2D eigenvalue weighted by molar-refractivity contribution is 7.80. The van der Waals surface area contributed by atoms with Crippen LogP contribution in [0.3, 0.4) is 0 Å². The van der Waals surface area contributed by atoms with Crippen molar-refractivity contribution in [2.24, 2.45) is 0 Å². The molecule has 8 heteroatoms. The third kappa shape index (κ3) is 6.29. The van der Waals surface area contributed by atoms with Crippen molar-refractivity contribution in [2.45, 2.75) is 13.8 Å². The van der Waals surface area contributed by atoms with Gasteiger partial charge in [0.2, 0.25) is 5.91 Å². The summed E-state index contributed by atoms with van der Waals surface area (Å²) in [5, 5.41) is 5.23. The quantitative estimate of drug-likeness (QED) is 0.297. The first-order valence-corrected chi connectivity index (χ1v) is 10.6. The highest BCUT2D eigenvalue weighted by Gasteiger charge is 2.08. The maximum atomic E-state index is 12.1. The molecule has 3 aromatic rings. The Kier molecular flexibility index (Phi) is 7.81. The largest absolute Gasteiger partial charge is 0.484 e. The number of aryl methyl sites for hydroxylation is 2. The summed E-state index contributed by atoms with van der Waals surface area (Å²) in [5.74, 6) is -0.347. The molecule has 3 aromatic carbocycles. The fourth-order valence-electron chi connectivity index (χ4n) is 3.05. The molecule has 164 valence electrons. The van der Waals surface area contributed by atoms with Crippen molar-refractivity contribution in [3.05, 3.63) is 82.4 Å². The lowest BCUT2D eigenvalue weighted by molar-refractivity contribution is -0.123. The number of hydrogen-bond acceptors (Lipinski definition) is 4. The van der Waals surface area contributed by atoms with Crippen LogP contribution in [-0.2, 0) is 9.59 Å². The van der Waals surface area contributed by atoms with Crippen LogP contribution in [0.4, 0.5) is 0 Å². The molecule has 0 aromatic heterocycles. The van der Waals surface area contributed by atoms with Gasteiger partial charge in [0.25, 0.3) is 5.91 Å². The number of carbonyl (C=O) groups is 2. The summed E-state index contributed by atoms with van der Waals surface area (Å²) in [6.45, 7) is 3.49. The van der Waals surface area contributed by atoms with Crippen molar-refractivity contribution >= 4 is 57.6 Å². The van der Waals surface area contributed by atoms with Crippen LogP contribution in [0.15, 0.2) is 60.7 Å². The van der Waals surface area contributed by atoms with E-state index in [1.54, 1.807) is 18.2 Å². The molecule has 0 saturated carbocycles. The summed E-state index contributed by atoms with van der Waals surface area (Å²) in [6, 6.07) is 17.3. The molecule has 0 radical (unpaired) electrons. The van der Waals surface area contributed by atoms with Crippen molar-refractivity contribution in [1.82, 2.24) is 16.2 Å². The van der Waals surface area contributed by atoms with E-state index >= 15 is 0 Å². The molecule has 3 N–H and O–H groups in total. The highest BCUT2D eigenvalue weighted by Crippen LogP contribution is 2.25. The van der Waals surface area contributed by atoms with E-state index in [0.717, 1.165) is 27.5 Å². The first-order chi connectivity index (χ1) is 15.3. The molecule has 0 spiro atoms. The first-order valence-electron chi connectivity index (χ1n) is 9.78. The summed E-state index contributed by atoms with van der Waals surface area (Å²) in [4.78, 5) is 24.1. The van der Waals surface area contributed by atoms with Crippen molar-refractivity contribution in [1.29, 1.82) is 0 Å². The van der Waals surface area contributed by atoms with Crippen LogP contribution in [0.2, 0.25) is 5.02 Å². The van der Waals surface area contributed by atoms with Gasteiger partial charge < -0.3 is 4.74 Å². The standard InChI is InChI=1S/C24H22ClN3O3S/c1-15-12-19(13-16(2)23(15)25)31-14-22(30)27-28-24(32)26-21(29)11-10-18-8-5-7-17-6-3-4-9-20(17)18/h3-13H,14H2,1-2H3,(H,27,30)(H2,26,28,29,32)/b11-10+. The molecule has 0 aliphatic carbocycles. The number of thiocarbonyl (C=S) groups is 1. The second-order valence-corrected chi connectivity index (χ2v) is 7.84. The third-order valence-corrected chi connectivity index (χ3v) is 5.37. The Labute approximate surface area is 196 Å². The molecule has 6 nitrogen and oxygen atoms in total. The van der Waals surface area contributed by atoms with Gasteiger partial charge >= 0.3 is 0 Å². The molecule has 0 aliphatic rings. The Balaban J connectivity index is 1.45. The lowest BCUT2D eigenvalue weighted by Crippen LogP contribution is -2.49. The summed E-state index contributed by atoms with van der Waals surface area (Å²) in [5.41, 5.74) is 7.49. The SMILES string of the molecule is Cc1cc(OCC(=O)NNC(=S)NC(=O)/C=C/c2cccc3ccccc23)cc(C)c1Cl. The molecular weight excluding hydrogens is 446 g/mol. The van der Waals surface area contributed by atoms with E-state index in [9.17, 15) is 9.59 Å². The van der Waals surface area contributed by atoms with Gasteiger partial charge in [0, 0.05) is 11.1 Å². The number of nitrogens with one attached hydrogen (secondary N) is 3. The van der Waals surface area contributed by atoms with E-state index in [1.165, 1.54) is 6.08 Å². The van der Waals surface area contributed by atoms with Crippen LogP contribution in [0.1, 0.15) is 16.7 Å². The number of halogens is 1. The molecule has 32 heavy (non-hydrogen) atoms. The minimum atomic E-state index is -0.460. The Morgan fingerprint density at radius 2 is 1.72 bits per heavy atom. The average molecular weight is 468 g/mol. The summed E-state index contributed by atoms with van der Waals surface area (Å²) in [7, 11) is 0. The monoisotopic (exact) mass is 467 g/mol. The van der Waals surface area contributed by atoms with Gasteiger partial charge in [0.15, 0.2) is 11.7 Å². The normalized spacial score (nSPS) is 10.7. The maximum absolute atomic E-state index is 12.1. The molecule has 0 atom stereocenters.